The molecule has 0 aliphatic carbocycles. The van der Waals surface area contributed by atoms with Gasteiger partial charge < -0.3 is 25.1 Å². The minimum atomic E-state index is -0.726. The number of carbonyl (C=O) groups excluding carboxylic acids is 2. The van der Waals surface area contributed by atoms with Crippen molar-refractivity contribution in [3.63, 3.8) is 0 Å². The average molecular weight is 544 g/mol. The number of furan rings is 1. The fraction of sp³-hybridized carbons (Fsp3) is 0.312. The first-order valence-electron chi connectivity index (χ1n) is 13.7. The molecule has 0 radical (unpaired) electrons. The van der Waals surface area contributed by atoms with Crippen LogP contribution in [-0.4, -0.2) is 38.1 Å². The Morgan fingerprint density at radius 2 is 1.88 bits per heavy atom. The summed E-state index contributed by atoms with van der Waals surface area (Å²) in [4.78, 5) is 26.7. The summed E-state index contributed by atoms with van der Waals surface area (Å²) in [6, 6.07) is 17.8. The molecule has 4 aromatic rings. The van der Waals surface area contributed by atoms with Crippen LogP contribution in [0.3, 0.4) is 0 Å². The Kier molecular flexibility index (Phi) is 8.45. The van der Waals surface area contributed by atoms with E-state index in [1.54, 1.807) is 36.4 Å². The van der Waals surface area contributed by atoms with E-state index >= 15 is 0 Å². The normalized spacial score (nSPS) is 15.8. The highest BCUT2D eigenvalue weighted by molar-refractivity contribution is 6.06. The molecular formula is C32H34FN3O4. The first-order valence-corrected chi connectivity index (χ1v) is 13.7. The lowest BCUT2D eigenvalue weighted by atomic mass is 9.95. The van der Waals surface area contributed by atoms with Crippen LogP contribution in [0.25, 0.3) is 11.0 Å². The molecule has 0 spiro atoms. The molecule has 3 aromatic carbocycles. The molecule has 1 fully saturated rings. The lowest BCUT2D eigenvalue weighted by Crippen LogP contribution is -2.31. The van der Waals surface area contributed by atoms with Crippen molar-refractivity contribution in [2.45, 2.75) is 26.3 Å². The lowest BCUT2D eigenvalue weighted by molar-refractivity contribution is 0.0940. The van der Waals surface area contributed by atoms with Gasteiger partial charge in [-0.1, -0.05) is 44.2 Å². The van der Waals surface area contributed by atoms with Gasteiger partial charge in [0.25, 0.3) is 11.8 Å². The van der Waals surface area contributed by atoms with Gasteiger partial charge in [-0.05, 0) is 60.8 Å². The quantitative estimate of drug-likeness (QED) is 0.247. The first-order chi connectivity index (χ1) is 19.4. The van der Waals surface area contributed by atoms with Gasteiger partial charge in [-0.2, -0.15) is 0 Å². The third-order valence-corrected chi connectivity index (χ3v) is 7.10. The number of fused-ring (bicyclic) bond motifs is 1. The zero-order valence-corrected chi connectivity index (χ0v) is 22.7. The lowest BCUT2D eigenvalue weighted by Gasteiger charge is -2.24. The van der Waals surface area contributed by atoms with Crippen LogP contribution in [0.15, 0.2) is 77.4 Å². The standard InChI is InChI=1S/C32H34FN3O4/c1-20(2)16-35-31(37)23-9-12-29(39-18-21-13-14-34-17-21)26(15-23)30(22-7-10-24(33)11-8-22)36-32(38)27-19-40-28-6-4-3-5-25(27)28/h3-12,15,19-21,30,34H,13-14,16-18H2,1-2H3,(H,35,37)(H,36,38). The third-order valence-electron chi connectivity index (χ3n) is 7.10. The number of hydrogen-bond donors (Lipinski definition) is 3. The number of hydrogen-bond acceptors (Lipinski definition) is 5. The molecule has 2 atom stereocenters. The summed E-state index contributed by atoms with van der Waals surface area (Å²) in [6.07, 6.45) is 2.44. The van der Waals surface area contributed by atoms with Gasteiger partial charge in [0.1, 0.15) is 23.4 Å². The number of para-hydroxylation sites is 1. The molecule has 1 aliphatic rings. The van der Waals surface area contributed by atoms with Gasteiger partial charge in [0, 0.05) is 35.5 Å². The second-order valence-corrected chi connectivity index (χ2v) is 10.6. The molecule has 1 aliphatic heterocycles. The maximum absolute atomic E-state index is 13.9. The smallest absolute Gasteiger partial charge is 0.255 e. The number of nitrogens with one attached hydrogen (secondary N) is 3. The molecule has 0 saturated carbocycles. The van der Waals surface area contributed by atoms with Crippen LogP contribution in [0.5, 0.6) is 5.75 Å². The highest BCUT2D eigenvalue weighted by Gasteiger charge is 2.26. The van der Waals surface area contributed by atoms with Crippen molar-refractivity contribution < 1.29 is 23.1 Å². The van der Waals surface area contributed by atoms with E-state index in [9.17, 15) is 14.0 Å². The number of halogens is 1. The summed E-state index contributed by atoms with van der Waals surface area (Å²) in [6.45, 7) is 6.90. The maximum Gasteiger partial charge on any atom is 0.255 e. The van der Waals surface area contributed by atoms with E-state index in [1.807, 2.05) is 32.0 Å². The molecule has 1 saturated heterocycles. The monoisotopic (exact) mass is 543 g/mol. The van der Waals surface area contributed by atoms with Crippen molar-refractivity contribution in [3.8, 4) is 5.75 Å². The minimum absolute atomic E-state index is 0.216. The molecule has 2 unspecified atom stereocenters. The summed E-state index contributed by atoms with van der Waals surface area (Å²) < 4.78 is 25.8. The van der Waals surface area contributed by atoms with Crippen molar-refractivity contribution >= 4 is 22.8 Å². The molecule has 40 heavy (non-hydrogen) atoms. The van der Waals surface area contributed by atoms with Crippen LogP contribution in [0.2, 0.25) is 0 Å². The topological polar surface area (TPSA) is 92.6 Å². The average Bonchev–Trinajstić information content (AvgIpc) is 3.64. The number of carbonyl (C=O) groups is 2. The molecule has 8 heteroatoms. The predicted molar refractivity (Wildman–Crippen MR) is 152 cm³/mol. The van der Waals surface area contributed by atoms with Crippen LogP contribution in [0, 0.1) is 17.7 Å². The van der Waals surface area contributed by atoms with Gasteiger partial charge in [0.15, 0.2) is 0 Å². The van der Waals surface area contributed by atoms with Crippen molar-refractivity contribution in [2.75, 3.05) is 26.2 Å². The van der Waals surface area contributed by atoms with Crippen molar-refractivity contribution in [2.24, 2.45) is 11.8 Å². The van der Waals surface area contributed by atoms with Crippen LogP contribution in [-0.2, 0) is 0 Å². The number of rotatable bonds is 10. The Morgan fingerprint density at radius 3 is 2.62 bits per heavy atom. The molecule has 208 valence electrons. The van der Waals surface area contributed by atoms with Crippen molar-refractivity contribution in [3.05, 3.63) is 101 Å². The van der Waals surface area contributed by atoms with Gasteiger partial charge in [0.05, 0.1) is 18.2 Å². The van der Waals surface area contributed by atoms with E-state index in [0.29, 0.717) is 64.0 Å². The highest BCUT2D eigenvalue weighted by atomic mass is 19.1. The summed E-state index contributed by atoms with van der Waals surface area (Å²) in [5, 5.41) is 10.1. The molecule has 1 aromatic heterocycles. The SMILES string of the molecule is CC(C)CNC(=O)c1ccc(OCC2CCNC2)c(C(NC(=O)c2coc3ccccc23)c2ccc(F)cc2)c1. The summed E-state index contributed by atoms with van der Waals surface area (Å²) in [7, 11) is 0. The fourth-order valence-electron chi connectivity index (χ4n) is 4.87. The zero-order valence-electron chi connectivity index (χ0n) is 22.7. The first kappa shape index (κ1) is 27.4. The Morgan fingerprint density at radius 1 is 1.07 bits per heavy atom. The maximum atomic E-state index is 13.9. The summed E-state index contributed by atoms with van der Waals surface area (Å²) in [5.74, 6) is 0.243. The second-order valence-electron chi connectivity index (χ2n) is 10.6. The van der Waals surface area contributed by atoms with Crippen LogP contribution >= 0.6 is 0 Å². The van der Waals surface area contributed by atoms with E-state index in [0.717, 1.165) is 19.5 Å². The Bertz CT molecular complexity index is 1480. The van der Waals surface area contributed by atoms with Gasteiger partial charge in [0.2, 0.25) is 0 Å². The van der Waals surface area contributed by atoms with Gasteiger partial charge in [-0.25, -0.2) is 4.39 Å². The Balaban J connectivity index is 1.54. The zero-order chi connectivity index (χ0) is 28.1. The molecule has 2 heterocycles. The van der Waals surface area contributed by atoms with Gasteiger partial charge >= 0.3 is 0 Å². The summed E-state index contributed by atoms with van der Waals surface area (Å²) in [5.41, 5.74) is 2.68. The third kappa shape index (κ3) is 6.34. The number of benzene rings is 3. The molecule has 0 bridgehead atoms. The van der Waals surface area contributed by atoms with Crippen molar-refractivity contribution in [1.29, 1.82) is 0 Å². The van der Waals surface area contributed by atoms with E-state index in [4.69, 9.17) is 9.15 Å². The molecule has 3 N–H and O–H groups in total. The van der Waals surface area contributed by atoms with E-state index in [-0.39, 0.29) is 17.6 Å². The van der Waals surface area contributed by atoms with Crippen LogP contribution < -0.4 is 20.7 Å². The molecule has 2 amide bonds. The minimum Gasteiger partial charge on any atom is -0.493 e. The Hall–Kier alpha value is -4.17. The molecule has 5 rings (SSSR count). The van der Waals surface area contributed by atoms with Gasteiger partial charge in [-0.15, -0.1) is 0 Å². The van der Waals surface area contributed by atoms with Crippen molar-refractivity contribution in [1.82, 2.24) is 16.0 Å². The fourth-order valence-corrected chi connectivity index (χ4v) is 4.87. The second kappa shape index (κ2) is 12.3. The Labute approximate surface area is 233 Å². The van der Waals surface area contributed by atoms with E-state index in [2.05, 4.69) is 16.0 Å². The molecular weight excluding hydrogens is 509 g/mol. The van der Waals surface area contributed by atoms with Gasteiger partial charge in [-0.3, -0.25) is 9.59 Å². The van der Waals surface area contributed by atoms with E-state index < -0.39 is 6.04 Å². The number of amides is 2. The van der Waals surface area contributed by atoms with Crippen LogP contribution in [0.4, 0.5) is 4.39 Å². The van der Waals surface area contributed by atoms with E-state index in [1.165, 1.54) is 18.4 Å². The van der Waals surface area contributed by atoms with Crippen LogP contribution in [0.1, 0.15) is 58.2 Å². The molecule has 7 nitrogen and oxygen atoms in total. The number of ether oxygens (including phenoxy) is 1. The largest absolute Gasteiger partial charge is 0.493 e. The highest BCUT2D eigenvalue weighted by Crippen LogP contribution is 2.33. The summed E-state index contributed by atoms with van der Waals surface area (Å²) >= 11 is 0. The predicted octanol–water partition coefficient (Wildman–Crippen LogP) is 5.47.